The minimum atomic E-state index is -0.958. The third kappa shape index (κ3) is 4.76. The molecule has 1 aromatic carbocycles. The number of benzene rings is 1. The summed E-state index contributed by atoms with van der Waals surface area (Å²) in [6.45, 7) is 1.87. The van der Waals surface area contributed by atoms with E-state index >= 15 is 0 Å². The van der Waals surface area contributed by atoms with Crippen LogP contribution in [0.2, 0.25) is 0 Å². The number of carboxylic acid groups (broad SMARTS) is 1. The van der Waals surface area contributed by atoms with Crippen molar-refractivity contribution in [3.63, 3.8) is 0 Å². The number of carboxylic acids is 1. The molecule has 7 nitrogen and oxygen atoms in total. The molecular weight excluding hydrogens is 400 g/mol. The molecule has 0 aromatic heterocycles. The predicted molar refractivity (Wildman–Crippen MR) is 112 cm³/mol. The van der Waals surface area contributed by atoms with Gasteiger partial charge in [0.2, 0.25) is 5.91 Å². The van der Waals surface area contributed by atoms with Crippen molar-refractivity contribution in [3.05, 3.63) is 23.8 Å². The summed E-state index contributed by atoms with van der Waals surface area (Å²) in [5.74, 6) is -0.373. The van der Waals surface area contributed by atoms with Gasteiger partial charge in [-0.3, -0.25) is 9.59 Å². The van der Waals surface area contributed by atoms with Crippen LogP contribution in [0.25, 0.3) is 0 Å². The van der Waals surface area contributed by atoms with Gasteiger partial charge in [-0.15, -0.1) is 0 Å². The summed E-state index contributed by atoms with van der Waals surface area (Å²) in [4.78, 5) is 26.4. The molecule has 2 fully saturated rings. The highest BCUT2D eigenvalue weighted by molar-refractivity contribution is 8.75. The number of carbonyl (C=O) groups is 2. The van der Waals surface area contributed by atoms with Gasteiger partial charge >= 0.3 is 5.97 Å². The normalized spacial score (nSPS) is 19.2. The fraction of sp³-hybridized carbons (Fsp3) is 0.579. The Labute approximate surface area is 173 Å². The molecule has 2 heterocycles. The molecule has 9 heteroatoms. The van der Waals surface area contributed by atoms with Crippen molar-refractivity contribution < 1.29 is 24.2 Å². The van der Waals surface area contributed by atoms with Crippen molar-refractivity contribution in [2.45, 2.75) is 37.8 Å². The zero-order valence-corrected chi connectivity index (χ0v) is 17.8. The van der Waals surface area contributed by atoms with Crippen LogP contribution in [0.3, 0.4) is 0 Å². The van der Waals surface area contributed by atoms with Crippen LogP contribution >= 0.6 is 21.8 Å². The SMILES string of the molecule is CSSN(C)C(C(=O)O)c1cccc(OC2CCOCC2)c1N1CCCC1=O. The van der Waals surface area contributed by atoms with E-state index in [-0.39, 0.29) is 12.0 Å². The Morgan fingerprint density at radius 1 is 1.39 bits per heavy atom. The van der Waals surface area contributed by atoms with Crippen LogP contribution in [-0.4, -0.2) is 60.5 Å². The van der Waals surface area contributed by atoms with Crippen molar-refractivity contribution in [2.75, 3.05) is 38.0 Å². The molecular formula is C19H26N2O5S2. The number of rotatable bonds is 8. The lowest BCUT2D eigenvalue weighted by Gasteiger charge is -2.31. The van der Waals surface area contributed by atoms with Crippen LogP contribution < -0.4 is 9.64 Å². The van der Waals surface area contributed by atoms with Crippen molar-refractivity contribution >= 4 is 39.3 Å². The van der Waals surface area contributed by atoms with Gasteiger partial charge in [0.1, 0.15) is 17.9 Å². The minimum Gasteiger partial charge on any atom is -0.488 e. The van der Waals surface area contributed by atoms with Gasteiger partial charge in [-0.05, 0) is 36.8 Å². The van der Waals surface area contributed by atoms with E-state index in [1.807, 2.05) is 18.4 Å². The molecule has 1 unspecified atom stereocenters. The lowest BCUT2D eigenvalue weighted by molar-refractivity contribution is -0.141. The first-order valence-electron chi connectivity index (χ1n) is 9.37. The van der Waals surface area contributed by atoms with E-state index in [2.05, 4.69) is 0 Å². The van der Waals surface area contributed by atoms with Crippen LogP contribution in [-0.2, 0) is 14.3 Å². The van der Waals surface area contributed by atoms with Gasteiger partial charge < -0.3 is 19.5 Å². The van der Waals surface area contributed by atoms with Gasteiger partial charge in [0.05, 0.1) is 18.9 Å². The summed E-state index contributed by atoms with van der Waals surface area (Å²) in [6, 6.07) is 4.54. The second kappa shape index (κ2) is 9.87. The monoisotopic (exact) mass is 426 g/mol. The average Bonchev–Trinajstić information content (AvgIpc) is 3.08. The Balaban J connectivity index is 2.03. The van der Waals surface area contributed by atoms with Gasteiger partial charge in [-0.25, -0.2) is 4.31 Å². The van der Waals surface area contributed by atoms with E-state index in [1.54, 1.807) is 22.3 Å². The van der Waals surface area contributed by atoms with Gasteiger partial charge in [0, 0.05) is 31.4 Å². The number of amides is 1. The zero-order chi connectivity index (χ0) is 20.1. The first-order chi connectivity index (χ1) is 13.5. The van der Waals surface area contributed by atoms with Gasteiger partial charge in [-0.2, -0.15) is 0 Å². The maximum atomic E-state index is 12.5. The van der Waals surface area contributed by atoms with E-state index in [4.69, 9.17) is 9.47 Å². The maximum absolute atomic E-state index is 12.5. The summed E-state index contributed by atoms with van der Waals surface area (Å²) in [6.07, 6.45) is 4.69. The molecule has 0 spiro atoms. The van der Waals surface area contributed by atoms with Crippen molar-refractivity contribution in [3.8, 4) is 5.75 Å². The molecule has 154 valence electrons. The summed E-state index contributed by atoms with van der Waals surface area (Å²) in [7, 11) is 4.59. The number of nitrogens with zero attached hydrogens (tertiary/aromatic N) is 2. The van der Waals surface area contributed by atoms with Crippen LogP contribution in [0.1, 0.15) is 37.3 Å². The number of hydrogen-bond acceptors (Lipinski definition) is 7. The number of anilines is 1. The van der Waals surface area contributed by atoms with Crippen molar-refractivity contribution in [2.24, 2.45) is 0 Å². The third-order valence-electron chi connectivity index (χ3n) is 4.92. The Bertz CT molecular complexity index is 712. The molecule has 2 saturated heterocycles. The van der Waals surface area contributed by atoms with Gasteiger partial charge in [0.15, 0.2) is 0 Å². The second-order valence-corrected chi connectivity index (χ2v) is 9.31. The van der Waals surface area contributed by atoms with Crippen molar-refractivity contribution in [1.29, 1.82) is 0 Å². The maximum Gasteiger partial charge on any atom is 0.326 e. The highest BCUT2D eigenvalue weighted by Crippen LogP contribution is 2.42. The van der Waals surface area contributed by atoms with Crippen LogP contribution in [0.5, 0.6) is 5.75 Å². The fourth-order valence-corrected chi connectivity index (χ4v) is 5.14. The lowest BCUT2D eigenvalue weighted by Crippen LogP contribution is -2.32. The largest absolute Gasteiger partial charge is 0.488 e. The Morgan fingerprint density at radius 2 is 2.14 bits per heavy atom. The lowest BCUT2D eigenvalue weighted by atomic mass is 10.0. The molecule has 1 atom stereocenters. The zero-order valence-electron chi connectivity index (χ0n) is 16.1. The number of ether oxygens (including phenoxy) is 2. The quantitative estimate of drug-likeness (QED) is 0.501. The molecule has 3 rings (SSSR count). The Morgan fingerprint density at radius 3 is 2.75 bits per heavy atom. The summed E-state index contributed by atoms with van der Waals surface area (Å²) >= 11 is 0. The highest BCUT2D eigenvalue weighted by atomic mass is 33.1. The van der Waals surface area contributed by atoms with Gasteiger partial charge in [-0.1, -0.05) is 22.9 Å². The van der Waals surface area contributed by atoms with Gasteiger partial charge in [0.25, 0.3) is 0 Å². The van der Waals surface area contributed by atoms with E-state index < -0.39 is 12.0 Å². The molecule has 0 saturated carbocycles. The molecule has 0 aliphatic carbocycles. The number of carbonyl (C=O) groups excluding carboxylic acids is 1. The minimum absolute atomic E-state index is 0.00188. The molecule has 0 bridgehead atoms. The Hall–Kier alpha value is -1.42. The molecule has 28 heavy (non-hydrogen) atoms. The molecule has 1 aromatic rings. The standard InChI is InChI=1S/C19H26N2O5S2/c1-20(28-27-2)18(19(23)24)14-5-3-6-15(26-13-8-11-25-12-9-13)17(14)21-10-4-7-16(21)22/h3,5-6,13,18H,4,7-12H2,1-2H3,(H,23,24). The second-order valence-electron chi connectivity index (χ2n) is 6.80. The number of para-hydroxylation sites is 1. The topological polar surface area (TPSA) is 79.3 Å². The smallest absolute Gasteiger partial charge is 0.326 e. The molecule has 2 aliphatic rings. The van der Waals surface area contributed by atoms with E-state index in [9.17, 15) is 14.7 Å². The molecule has 1 N–H and O–H groups in total. The predicted octanol–water partition coefficient (Wildman–Crippen LogP) is 3.35. The van der Waals surface area contributed by atoms with Crippen LogP contribution in [0, 0.1) is 0 Å². The summed E-state index contributed by atoms with van der Waals surface area (Å²) in [5, 5.41) is 9.94. The average molecular weight is 427 g/mol. The first-order valence-corrected chi connectivity index (χ1v) is 11.9. The van der Waals surface area contributed by atoms with E-state index in [0.29, 0.717) is 43.2 Å². The van der Waals surface area contributed by atoms with E-state index in [0.717, 1.165) is 19.3 Å². The number of aliphatic carboxylic acids is 1. The Kier molecular flexibility index (Phi) is 7.50. The highest BCUT2D eigenvalue weighted by Gasteiger charge is 2.35. The van der Waals surface area contributed by atoms with E-state index in [1.165, 1.54) is 21.8 Å². The van der Waals surface area contributed by atoms with Crippen LogP contribution in [0.4, 0.5) is 5.69 Å². The summed E-state index contributed by atoms with van der Waals surface area (Å²) in [5.41, 5.74) is 1.17. The molecule has 2 aliphatic heterocycles. The molecule has 1 amide bonds. The number of likely N-dealkylation sites (N-methyl/N-ethyl adjacent to an activating group) is 1. The van der Waals surface area contributed by atoms with Crippen molar-refractivity contribution in [1.82, 2.24) is 4.31 Å². The third-order valence-corrected chi connectivity index (χ3v) is 6.67. The summed E-state index contributed by atoms with van der Waals surface area (Å²) < 4.78 is 13.4. The van der Waals surface area contributed by atoms with Crippen LogP contribution in [0.15, 0.2) is 18.2 Å². The molecule has 0 radical (unpaired) electrons. The number of hydrogen-bond donors (Lipinski definition) is 1. The fourth-order valence-electron chi connectivity index (χ4n) is 3.65. The first kappa shape index (κ1) is 21.3.